The molecule has 0 bridgehead atoms. The van der Waals surface area contributed by atoms with Gasteiger partial charge in [-0.25, -0.2) is 0 Å². The number of hydrogen-bond donors (Lipinski definition) is 1. The second kappa shape index (κ2) is 11.4. The first-order chi connectivity index (χ1) is 12.6. The van der Waals surface area contributed by atoms with E-state index < -0.39 is 0 Å². The number of hydrogen-bond acceptors (Lipinski definition) is 3. The highest BCUT2D eigenvalue weighted by Crippen LogP contribution is 2.24. The van der Waals surface area contributed by atoms with E-state index in [1.165, 1.54) is 36.8 Å². The van der Waals surface area contributed by atoms with E-state index in [-0.39, 0.29) is 5.60 Å². The highest BCUT2D eigenvalue weighted by molar-refractivity contribution is 5.38. The molecular weight excluding hydrogens is 336 g/mol. The number of aromatic hydroxyl groups is 1. The van der Waals surface area contributed by atoms with Crippen molar-refractivity contribution in [3.63, 3.8) is 0 Å². The fourth-order valence-electron chi connectivity index (χ4n) is 3.44. The minimum atomic E-state index is -0.368. The molecule has 27 heavy (non-hydrogen) atoms. The zero-order chi connectivity index (χ0) is 20.3. The summed E-state index contributed by atoms with van der Waals surface area (Å²) in [4.78, 5) is 10.5. The normalized spacial score (nSPS) is 12.2. The third kappa shape index (κ3) is 11.7. The van der Waals surface area contributed by atoms with Crippen molar-refractivity contribution in [2.75, 3.05) is 0 Å². The lowest BCUT2D eigenvalue weighted by Crippen LogP contribution is -2.23. The lowest BCUT2D eigenvalue weighted by atomic mass is 9.89. The maximum Gasteiger partial charge on any atom is 0.293 e. The molecule has 1 N–H and O–H groups in total. The second-order valence-corrected chi connectivity index (χ2v) is 9.66. The summed E-state index contributed by atoms with van der Waals surface area (Å²) >= 11 is 0. The maximum absolute atomic E-state index is 10.5. The summed E-state index contributed by atoms with van der Waals surface area (Å²) in [6.45, 7) is 11.3. The van der Waals surface area contributed by atoms with Crippen molar-refractivity contribution >= 4 is 6.47 Å². The van der Waals surface area contributed by atoms with Gasteiger partial charge >= 0.3 is 0 Å². The molecule has 0 amide bonds. The maximum atomic E-state index is 10.5. The first-order valence-electron chi connectivity index (χ1n) is 10.5. The largest absolute Gasteiger partial charge is 0.508 e. The Labute approximate surface area is 166 Å². The van der Waals surface area contributed by atoms with Crippen molar-refractivity contribution in [1.29, 1.82) is 0 Å². The predicted octanol–water partition coefficient (Wildman–Crippen LogP) is 6.60. The van der Waals surface area contributed by atoms with Crippen LogP contribution in [0.15, 0.2) is 18.2 Å². The Hall–Kier alpha value is -1.51. The van der Waals surface area contributed by atoms with E-state index in [4.69, 9.17) is 4.74 Å². The molecule has 3 heteroatoms. The van der Waals surface area contributed by atoms with Crippen LogP contribution >= 0.6 is 0 Å². The summed E-state index contributed by atoms with van der Waals surface area (Å²) in [5.41, 5.74) is 2.53. The first kappa shape index (κ1) is 23.5. The molecule has 3 nitrogen and oxygen atoms in total. The molecule has 0 atom stereocenters. The van der Waals surface area contributed by atoms with Crippen LogP contribution in [0.3, 0.4) is 0 Å². The molecule has 1 aromatic carbocycles. The van der Waals surface area contributed by atoms with Crippen LogP contribution in [0.1, 0.15) is 97.1 Å². The Morgan fingerprint density at radius 3 is 1.81 bits per heavy atom. The molecule has 0 fully saturated rings. The molecule has 1 aromatic rings. The molecule has 0 radical (unpaired) electrons. The fourth-order valence-corrected chi connectivity index (χ4v) is 3.44. The van der Waals surface area contributed by atoms with Gasteiger partial charge < -0.3 is 9.84 Å². The van der Waals surface area contributed by atoms with E-state index in [0.717, 1.165) is 38.5 Å². The van der Waals surface area contributed by atoms with Crippen LogP contribution in [0.25, 0.3) is 0 Å². The molecule has 1 rings (SSSR count). The van der Waals surface area contributed by atoms with Crippen molar-refractivity contribution in [1.82, 2.24) is 0 Å². The van der Waals surface area contributed by atoms with Gasteiger partial charge in [0.15, 0.2) is 0 Å². The number of carbonyl (C=O) groups is 1. The average molecular weight is 377 g/mol. The number of carbonyl (C=O) groups excluding carboxylic acids is 1. The van der Waals surface area contributed by atoms with Gasteiger partial charge in [0.1, 0.15) is 11.4 Å². The highest BCUT2D eigenvalue weighted by atomic mass is 16.5. The Bertz CT molecular complexity index is 555. The first-order valence-corrected chi connectivity index (χ1v) is 10.5. The summed E-state index contributed by atoms with van der Waals surface area (Å²) in [5.74, 6) is 0.387. The van der Waals surface area contributed by atoms with Gasteiger partial charge in [0.2, 0.25) is 0 Å². The lowest BCUT2D eigenvalue weighted by Gasteiger charge is -2.22. The van der Waals surface area contributed by atoms with Crippen LogP contribution in [0.2, 0.25) is 0 Å². The van der Waals surface area contributed by atoms with Gasteiger partial charge in [0.25, 0.3) is 6.47 Å². The summed E-state index contributed by atoms with van der Waals surface area (Å²) < 4.78 is 5.09. The number of aryl methyl sites for hydroxylation is 2. The molecule has 0 heterocycles. The molecule has 0 aliphatic heterocycles. The summed E-state index contributed by atoms with van der Waals surface area (Å²) in [7, 11) is 0. The van der Waals surface area contributed by atoms with Gasteiger partial charge in [-0.1, -0.05) is 46.1 Å². The molecule has 0 aromatic heterocycles. The minimum absolute atomic E-state index is 0.368. The van der Waals surface area contributed by atoms with Crippen molar-refractivity contribution < 1.29 is 14.6 Å². The van der Waals surface area contributed by atoms with Crippen LogP contribution in [0.4, 0.5) is 0 Å². The highest BCUT2D eigenvalue weighted by Gasteiger charge is 2.17. The Morgan fingerprint density at radius 1 is 0.815 bits per heavy atom. The third-order valence-electron chi connectivity index (χ3n) is 5.04. The Balaban J connectivity index is 2.33. The van der Waals surface area contributed by atoms with Gasteiger partial charge in [-0.15, -0.1) is 0 Å². The quantitative estimate of drug-likeness (QED) is 0.312. The van der Waals surface area contributed by atoms with Crippen LogP contribution in [-0.2, 0) is 22.4 Å². The smallest absolute Gasteiger partial charge is 0.293 e. The van der Waals surface area contributed by atoms with Crippen LogP contribution in [0, 0.1) is 5.41 Å². The van der Waals surface area contributed by atoms with Gasteiger partial charge in [0.05, 0.1) is 0 Å². The summed E-state index contributed by atoms with van der Waals surface area (Å²) in [6.07, 6.45) is 11.1. The van der Waals surface area contributed by atoms with Gasteiger partial charge in [0, 0.05) is 0 Å². The number of phenols is 1. The van der Waals surface area contributed by atoms with E-state index >= 15 is 0 Å². The Kier molecular flexibility index (Phi) is 9.90. The Morgan fingerprint density at radius 2 is 1.33 bits per heavy atom. The molecule has 0 aliphatic carbocycles. The molecule has 0 aliphatic rings. The van der Waals surface area contributed by atoms with Crippen LogP contribution in [-0.4, -0.2) is 17.2 Å². The van der Waals surface area contributed by atoms with E-state index in [9.17, 15) is 9.90 Å². The number of benzene rings is 1. The van der Waals surface area contributed by atoms with E-state index in [2.05, 4.69) is 26.8 Å². The van der Waals surface area contributed by atoms with Crippen molar-refractivity contribution in [3.05, 3.63) is 29.3 Å². The molecule has 0 saturated heterocycles. The van der Waals surface area contributed by atoms with E-state index in [1.54, 1.807) is 0 Å². The lowest BCUT2D eigenvalue weighted by molar-refractivity contribution is -0.140. The van der Waals surface area contributed by atoms with Crippen molar-refractivity contribution in [3.8, 4) is 5.75 Å². The SMILES string of the molecule is CC(C)(C)CCCCCc1cc(O)cc(CCCCCC(C)(C)OC=O)c1. The van der Waals surface area contributed by atoms with Crippen LogP contribution < -0.4 is 0 Å². The van der Waals surface area contributed by atoms with Crippen molar-refractivity contribution in [2.24, 2.45) is 5.41 Å². The number of ether oxygens (including phenoxy) is 1. The number of unbranched alkanes of at least 4 members (excludes halogenated alkanes) is 4. The second-order valence-electron chi connectivity index (χ2n) is 9.66. The van der Waals surface area contributed by atoms with Gasteiger partial charge in [-0.2, -0.15) is 0 Å². The summed E-state index contributed by atoms with van der Waals surface area (Å²) in [5, 5.41) is 10.0. The van der Waals surface area contributed by atoms with E-state index in [1.807, 2.05) is 26.0 Å². The number of rotatable bonds is 13. The van der Waals surface area contributed by atoms with Gasteiger partial charge in [-0.05, 0) is 87.5 Å². The fraction of sp³-hybridized carbons (Fsp3) is 0.708. The zero-order valence-electron chi connectivity index (χ0n) is 18.1. The molecular formula is C24H40O3. The average Bonchev–Trinajstić information content (AvgIpc) is 2.52. The summed E-state index contributed by atoms with van der Waals surface area (Å²) in [6, 6.07) is 6.05. The van der Waals surface area contributed by atoms with E-state index in [0.29, 0.717) is 17.6 Å². The predicted molar refractivity (Wildman–Crippen MR) is 113 cm³/mol. The molecule has 0 unspecified atom stereocenters. The topological polar surface area (TPSA) is 46.5 Å². The molecule has 0 saturated carbocycles. The third-order valence-corrected chi connectivity index (χ3v) is 5.04. The van der Waals surface area contributed by atoms with Crippen LogP contribution in [0.5, 0.6) is 5.75 Å². The number of phenolic OH excluding ortho intramolecular Hbond substituents is 1. The minimum Gasteiger partial charge on any atom is -0.508 e. The van der Waals surface area contributed by atoms with Gasteiger partial charge in [-0.3, -0.25) is 4.79 Å². The molecule has 0 spiro atoms. The monoisotopic (exact) mass is 376 g/mol. The zero-order valence-corrected chi connectivity index (χ0v) is 18.1. The standard InChI is InChI=1S/C24H40O3/c1-23(2,3)14-10-6-8-12-20-16-21(18-22(26)17-20)13-9-7-11-15-24(4,5)27-19-25/h16-19,26H,6-15H2,1-5H3. The molecule has 154 valence electrons. The van der Waals surface area contributed by atoms with Crippen molar-refractivity contribution in [2.45, 2.75) is 104 Å².